The Bertz CT molecular complexity index is 1470. The number of anilines is 2. The summed E-state index contributed by atoms with van der Waals surface area (Å²) in [6.45, 7) is 5.88. The number of thioether (sulfide) groups is 1. The number of amides is 2. The summed E-state index contributed by atoms with van der Waals surface area (Å²) in [5, 5.41) is 7.83. The minimum Gasteiger partial charge on any atom is -0.462 e. The number of ether oxygens (including phenoxy) is 1. The minimum absolute atomic E-state index is 0.191. The molecule has 1 heterocycles. The fraction of sp³-hybridized carbons (Fsp3) is 0.194. The summed E-state index contributed by atoms with van der Waals surface area (Å²) in [5.41, 5.74) is 4.22. The zero-order chi connectivity index (χ0) is 27.8. The van der Waals surface area contributed by atoms with Crippen molar-refractivity contribution in [3.8, 4) is 11.1 Å². The molecular weight excluding hydrogens is 528 g/mol. The van der Waals surface area contributed by atoms with Crippen LogP contribution in [-0.4, -0.2) is 29.6 Å². The average molecular weight is 559 g/mol. The standard InChI is InChI=1S/C31H30N2O4S2/c1-4-26(39-24-16-10-15-23(18-24)32-28(34)22-14-9-11-20(3)17-22)29(35)33-30-27(31(36)37-5-2)25(19-38-30)21-12-7-6-8-13-21/h6-19,26H,4-5H2,1-3H3,(H,32,34)(H,33,35). The maximum Gasteiger partial charge on any atom is 0.341 e. The number of carbonyl (C=O) groups excluding carboxylic acids is 3. The largest absolute Gasteiger partial charge is 0.462 e. The maximum atomic E-state index is 13.4. The second-order valence-corrected chi connectivity index (χ2v) is 11.0. The minimum atomic E-state index is -0.467. The molecule has 0 spiro atoms. The van der Waals surface area contributed by atoms with Crippen LogP contribution >= 0.6 is 23.1 Å². The summed E-state index contributed by atoms with van der Waals surface area (Å²) >= 11 is 2.71. The highest BCUT2D eigenvalue weighted by Crippen LogP contribution is 2.37. The number of esters is 1. The van der Waals surface area contributed by atoms with Crippen molar-refractivity contribution in [3.63, 3.8) is 0 Å². The Hall–Kier alpha value is -3.88. The van der Waals surface area contributed by atoms with Crippen LogP contribution < -0.4 is 10.6 Å². The summed E-state index contributed by atoms with van der Waals surface area (Å²) in [4.78, 5) is 39.8. The number of rotatable bonds is 10. The van der Waals surface area contributed by atoms with Crippen molar-refractivity contribution in [1.82, 2.24) is 0 Å². The third-order valence-electron chi connectivity index (χ3n) is 5.91. The predicted molar refractivity (Wildman–Crippen MR) is 160 cm³/mol. The van der Waals surface area contributed by atoms with Crippen LogP contribution in [0.4, 0.5) is 10.7 Å². The number of aryl methyl sites for hydroxylation is 1. The van der Waals surface area contributed by atoms with Crippen LogP contribution in [0, 0.1) is 6.92 Å². The quantitative estimate of drug-likeness (QED) is 0.154. The van der Waals surface area contributed by atoms with E-state index in [2.05, 4.69) is 10.6 Å². The number of thiophene rings is 1. The second-order valence-electron chi connectivity index (χ2n) is 8.80. The molecule has 2 N–H and O–H groups in total. The van der Waals surface area contributed by atoms with Crippen LogP contribution in [0.1, 0.15) is 46.5 Å². The molecule has 0 radical (unpaired) electrons. The molecule has 0 saturated heterocycles. The van der Waals surface area contributed by atoms with Gasteiger partial charge in [-0.3, -0.25) is 9.59 Å². The summed E-state index contributed by atoms with van der Waals surface area (Å²) < 4.78 is 5.31. The maximum absolute atomic E-state index is 13.4. The Labute approximate surface area is 236 Å². The highest BCUT2D eigenvalue weighted by molar-refractivity contribution is 8.00. The van der Waals surface area contributed by atoms with Crippen LogP contribution in [0.25, 0.3) is 11.1 Å². The lowest BCUT2D eigenvalue weighted by atomic mass is 10.0. The fourth-order valence-electron chi connectivity index (χ4n) is 4.00. The van der Waals surface area contributed by atoms with E-state index in [1.165, 1.54) is 23.1 Å². The number of benzene rings is 3. The Morgan fingerprint density at radius 2 is 1.69 bits per heavy atom. The molecule has 0 saturated carbocycles. The summed E-state index contributed by atoms with van der Waals surface area (Å²) in [6, 6.07) is 24.4. The molecule has 0 aliphatic carbocycles. The summed E-state index contributed by atoms with van der Waals surface area (Å²) in [6.07, 6.45) is 0.571. The van der Waals surface area contributed by atoms with Gasteiger partial charge in [0, 0.05) is 27.1 Å². The van der Waals surface area contributed by atoms with E-state index in [4.69, 9.17) is 4.74 Å². The molecule has 4 rings (SSSR count). The molecule has 0 bridgehead atoms. The van der Waals surface area contributed by atoms with Gasteiger partial charge in [-0.15, -0.1) is 23.1 Å². The third-order valence-corrected chi connectivity index (χ3v) is 8.16. The van der Waals surface area contributed by atoms with Crippen molar-refractivity contribution < 1.29 is 19.1 Å². The van der Waals surface area contributed by atoms with E-state index in [1.807, 2.05) is 92.0 Å². The van der Waals surface area contributed by atoms with Gasteiger partial charge in [-0.1, -0.05) is 61.0 Å². The van der Waals surface area contributed by atoms with Crippen molar-refractivity contribution in [2.24, 2.45) is 0 Å². The SMILES string of the molecule is CCOC(=O)c1c(-c2ccccc2)csc1NC(=O)C(CC)Sc1cccc(NC(=O)c2cccc(C)c2)c1. The Balaban J connectivity index is 1.49. The van der Waals surface area contributed by atoms with Crippen molar-refractivity contribution in [3.05, 3.63) is 101 Å². The smallest absolute Gasteiger partial charge is 0.341 e. The van der Waals surface area contributed by atoms with E-state index in [0.29, 0.717) is 28.2 Å². The Kier molecular flexibility index (Phi) is 9.57. The van der Waals surface area contributed by atoms with Crippen LogP contribution in [0.2, 0.25) is 0 Å². The first-order valence-corrected chi connectivity index (χ1v) is 14.4. The molecule has 0 aliphatic heterocycles. The molecule has 200 valence electrons. The number of hydrogen-bond acceptors (Lipinski definition) is 6. The Morgan fingerprint density at radius 1 is 0.923 bits per heavy atom. The summed E-state index contributed by atoms with van der Waals surface area (Å²) in [7, 11) is 0. The van der Waals surface area contributed by atoms with Gasteiger partial charge in [0.1, 0.15) is 10.6 Å². The third kappa shape index (κ3) is 7.16. The lowest BCUT2D eigenvalue weighted by molar-refractivity contribution is -0.115. The van der Waals surface area contributed by atoms with E-state index in [-0.39, 0.29) is 18.4 Å². The molecule has 39 heavy (non-hydrogen) atoms. The highest BCUT2D eigenvalue weighted by atomic mass is 32.2. The molecule has 4 aromatic rings. The molecule has 2 amide bonds. The highest BCUT2D eigenvalue weighted by Gasteiger charge is 2.25. The predicted octanol–water partition coefficient (Wildman–Crippen LogP) is 7.66. The zero-order valence-electron chi connectivity index (χ0n) is 22.0. The van der Waals surface area contributed by atoms with E-state index in [0.717, 1.165) is 21.6 Å². The molecule has 6 nitrogen and oxygen atoms in total. The lowest BCUT2D eigenvalue weighted by Gasteiger charge is -2.16. The van der Waals surface area contributed by atoms with E-state index >= 15 is 0 Å². The summed E-state index contributed by atoms with van der Waals surface area (Å²) in [5.74, 6) is -0.863. The fourth-order valence-corrected chi connectivity index (χ4v) is 5.98. The number of hydrogen-bond donors (Lipinski definition) is 2. The average Bonchev–Trinajstić information content (AvgIpc) is 3.36. The number of carbonyl (C=O) groups is 3. The monoisotopic (exact) mass is 558 g/mol. The van der Waals surface area contributed by atoms with Crippen molar-refractivity contribution in [1.29, 1.82) is 0 Å². The van der Waals surface area contributed by atoms with E-state index in [1.54, 1.807) is 13.0 Å². The van der Waals surface area contributed by atoms with Gasteiger partial charge >= 0.3 is 5.97 Å². The molecule has 1 unspecified atom stereocenters. The van der Waals surface area contributed by atoms with Gasteiger partial charge in [0.05, 0.1) is 11.9 Å². The number of nitrogens with one attached hydrogen (secondary N) is 2. The molecule has 0 fully saturated rings. The molecular formula is C31H30N2O4S2. The van der Waals surface area contributed by atoms with E-state index in [9.17, 15) is 14.4 Å². The van der Waals surface area contributed by atoms with Gasteiger partial charge in [0.15, 0.2) is 0 Å². The Morgan fingerprint density at radius 3 is 2.41 bits per heavy atom. The van der Waals surface area contributed by atoms with Crippen LogP contribution in [0.3, 0.4) is 0 Å². The van der Waals surface area contributed by atoms with Crippen LogP contribution in [0.5, 0.6) is 0 Å². The normalized spacial score (nSPS) is 11.5. The van der Waals surface area contributed by atoms with E-state index < -0.39 is 11.2 Å². The van der Waals surface area contributed by atoms with Crippen LogP contribution in [-0.2, 0) is 9.53 Å². The first kappa shape index (κ1) is 28.1. The first-order valence-electron chi connectivity index (χ1n) is 12.7. The van der Waals surface area contributed by atoms with Crippen molar-refractivity contribution >= 4 is 51.6 Å². The van der Waals surface area contributed by atoms with Gasteiger partial charge < -0.3 is 15.4 Å². The van der Waals surface area contributed by atoms with Gasteiger partial charge in [0.25, 0.3) is 5.91 Å². The van der Waals surface area contributed by atoms with Gasteiger partial charge in [-0.05, 0) is 56.2 Å². The molecule has 1 aromatic heterocycles. The molecule has 1 atom stereocenters. The van der Waals surface area contributed by atoms with Gasteiger partial charge in [0.2, 0.25) is 5.91 Å². The second kappa shape index (κ2) is 13.3. The van der Waals surface area contributed by atoms with Crippen molar-refractivity contribution in [2.45, 2.75) is 37.3 Å². The molecule has 3 aromatic carbocycles. The molecule has 0 aliphatic rings. The van der Waals surface area contributed by atoms with Crippen LogP contribution in [0.15, 0.2) is 89.1 Å². The first-order chi connectivity index (χ1) is 18.9. The van der Waals surface area contributed by atoms with Gasteiger partial charge in [-0.25, -0.2) is 4.79 Å². The zero-order valence-corrected chi connectivity index (χ0v) is 23.7. The lowest BCUT2D eigenvalue weighted by Crippen LogP contribution is -2.25. The van der Waals surface area contributed by atoms with Gasteiger partial charge in [-0.2, -0.15) is 0 Å². The molecule has 8 heteroatoms. The van der Waals surface area contributed by atoms with Crippen molar-refractivity contribution in [2.75, 3.05) is 17.2 Å². The topological polar surface area (TPSA) is 84.5 Å².